The molecule has 1 aliphatic heterocycles. The average molecular weight is 329 g/mol. The van der Waals surface area contributed by atoms with E-state index in [9.17, 15) is 4.79 Å². The lowest BCUT2D eigenvalue weighted by Gasteiger charge is -2.14. The van der Waals surface area contributed by atoms with Crippen molar-refractivity contribution in [3.05, 3.63) is 53.1 Å². The molecule has 6 heteroatoms. The lowest BCUT2D eigenvalue weighted by atomic mass is 10.1. The summed E-state index contributed by atoms with van der Waals surface area (Å²) >= 11 is 0. The Kier molecular flexibility index (Phi) is 4.57. The highest BCUT2D eigenvalue weighted by molar-refractivity contribution is 5.98. The second-order valence-electron chi connectivity index (χ2n) is 5.28. The predicted octanol–water partition coefficient (Wildman–Crippen LogP) is 2.67. The van der Waals surface area contributed by atoms with Crippen LogP contribution in [0.15, 0.2) is 36.4 Å². The Morgan fingerprint density at radius 1 is 1.00 bits per heavy atom. The van der Waals surface area contributed by atoms with Gasteiger partial charge >= 0.3 is 5.97 Å². The molecule has 0 saturated carbocycles. The molecule has 2 aromatic carbocycles. The van der Waals surface area contributed by atoms with E-state index in [1.54, 1.807) is 13.2 Å². The van der Waals surface area contributed by atoms with Crippen LogP contribution in [0.1, 0.15) is 27.7 Å². The van der Waals surface area contributed by atoms with Crippen molar-refractivity contribution in [2.45, 2.75) is 12.8 Å². The van der Waals surface area contributed by atoms with Crippen molar-refractivity contribution in [2.75, 3.05) is 21.3 Å². The van der Waals surface area contributed by atoms with Crippen LogP contribution < -0.4 is 19.5 Å². The number of rotatable bonds is 6. The van der Waals surface area contributed by atoms with E-state index in [0.717, 1.165) is 16.9 Å². The average Bonchev–Trinajstić information content (AvgIpc) is 2.95. The zero-order valence-electron chi connectivity index (χ0n) is 13.8. The third kappa shape index (κ3) is 2.88. The Morgan fingerprint density at radius 3 is 2.38 bits per heavy atom. The number of methoxy groups -OCH3 is 3. The summed E-state index contributed by atoms with van der Waals surface area (Å²) in [6.45, 7) is 0.551. The number of nitrogens with one attached hydrogen (secondary N) is 1. The van der Waals surface area contributed by atoms with Gasteiger partial charge in [-0.3, -0.25) is 5.32 Å². The molecule has 126 valence electrons. The first kappa shape index (κ1) is 16.1. The molecule has 1 atom stereocenters. The highest BCUT2D eigenvalue weighted by atomic mass is 16.6. The van der Waals surface area contributed by atoms with E-state index in [1.165, 1.54) is 14.2 Å². The number of benzene rings is 2. The number of ether oxygens (including phenoxy) is 4. The monoisotopic (exact) mass is 329 g/mol. The fourth-order valence-electron chi connectivity index (χ4n) is 2.71. The number of carbonyl (C=O) groups is 1. The van der Waals surface area contributed by atoms with Gasteiger partial charge in [-0.25, -0.2) is 4.79 Å². The highest BCUT2D eigenvalue weighted by Gasteiger charge is 2.35. The quantitative estimate of drug-likeness (QED) is 0.822. The normalized spacial score (nSPS) is 15.6. The molecule has 1 unspecified atom stereocenters. The fourth-order valence-corrected chi connectivity index (χ4v) is 2.71. The molecule has 1 N–H and O–H groups in total. The largest absolute Gasteiger partial charge is 0.497 e. The first-order chi connectivity index (χ1) is 11.7. The maximum atomic E-state index is 12.2. The van der Waals surface area contributed by atoms with Crippen LogP contribution in [0.5, 0.6) is 17.2 Å². The van der Waals surface area contributed by atoms with Crippen LogP contribution in [-0.4, -0.2) is 27.3 Å². The van der Waals surface area contributed by atoms with E-state index >= 15 is 0 Å². The molecule has 0 aromatic heterocycles. The van der Waals surface area contributed by atoms with Gasteiger partial charge in [0, 0.05) is 12.1 Å². The summed E-state index contributed by atoms with van der Waals surface area (Å²) < 4.78 is 21.1. The molecular formula is C18H19NO5. The van der Waals surface area contributed by atoms with Gasteiger partial charge < -0.3 is 18.9 Å². The maximum absolute atomic E-state index is 12.2. The summed E-state index contributed by atoms with van der Waals surface area (Å²) in [5, 5.41) is 3.23. The van der Waals surface area contributed by atoms with Crippen LogP contribution in [0.4, 0.5) is 0 Å². The molecule has 0 amide bonds. The Labute approximate surface area is 140 Å². The molecule has 6 nitrogen and oxygen atoms in total. The maximum Gasteiger partial charge on any atom is 0.344 e. The van der Waals surface area contributed by atoms with Crippen LogP contribution in [0.25, 0.3) is 0 Å². The zero-order chi connectivity index (χ0) is 17.1. The number of hydrogen-bond acceptors (Lipinski definition) is 6. The summed E-state index contributed by atoms with van der Waals surface area (Å²) in [5.74, 6) is 1.28. The van der Waals surface area contributed by atoms with Crippen LogP contribution in [0.3, 0.4) is 0 Å². The van der Waals surface area contributed by atoms with Gasteiger partial charge in [-0.2, -0.15) is 0 Å². The van der Waals surface area contributed by atoms with Crippen molar-refractivity contribution in [2.24, 2.45) is 0 Å². The molecule has 3 rings (SSSR count). The van der Waals surface area contributed by atoms with Gasteiger partial charge in [-0.1, -0.05) is 12.1 Å². The minimum atomic E-state index is -0.519. The molecule has 0 saturated heterocycles. The van der Waals surface area contributed by atoms with Gasteiger partial charge in [-0.15, -0.1) is 0 Å². The van der Waals surface area contributed by atoms with E-state index in [4.69, 9.17) is 18.9 Å². The third-order valence-corrected chi connectivity index (χ3v) is 3.94. The zero-order valence-corrected chi connectivity index (χ0v) is 13.8. The standard InChI is InChI=1S/C18H19NO5/c1-21-12-6-4-11(5-7-12)10-19-17-13-8-9-14(22-2)16(23-3)15(13)18(20)24-17/h4-9,17,19H,10H2,1-3H3. The first-order valence-electron chi connectivity index (χ1n) is 7.50. The molecule has 1 heterocycles. The van der Waals surface area contributed by atoms with E-state index in [0.29, 0.717) is 23.6 Å². The van der Waals surface area contributed by atoms with Crippen molar-refractivity contribution in [1.82, 2.24) is 5.32 Å². The minimum absolute atomic E-state index is 0.397. The number of fused-ring (bicyclic) bond motifs is 1. The second kappa shape index (κ2) is 6.80. The van der Waals surface area contributed by atoms with Crippen LogP contribution in [0.2, 0.25) is 0 Å². The Bertz CT molecular complexity index is 742. The summed E-state index contributed by atoms with van der Waals surface area (Å²) in [7, 11) is 4.66. The van der Waals surface area contributed by atoms with Gasteiger partial charge in [-0.05, 0) is 29.8 Å². The third-order valence-electron chi connectivity index (χ3n) is 3.94. The van der Waals surface area contributed by atoms with Gasteiger partial charge in [0.05, 0.1) is 21.3 Å². The summed E-state index contributed by atoms with van der Waals surface area (Å²) in [6, 6.07) is 11.3. The molecule has 0 fully saturated rings. The Balaban J connectivity index is 1.79. The number of esters is 1. The Hall–Kier alpha value is -2.73. The summed E-state index contributed by atoms with van der Waals surface area (Å²) in [4.78, 5) is 12.2. The van der Waals surface area contributed by atoms with Crippen molar-refractivity contribution in [3.8, 4) is 17.2 Å². The molecule has 0 radical (unpaired) electrons. The van der Waals surface area contributed by atoms with E-state index in [2.05, 4.69) is 5.32 Å². The van der Waals surface area contributed by atoms with Crippen molar-refractivity contribution < 1.29 is 23.7 Å². The van der Waals surface area contributed by atoms with E-state index in [-0.39, 0.29) is 0 Å². The van der Waals surface area contributed by atoms with Crippen LogP contribution in [0, 0.1) is 0 Å². The topological polar surface area (TPSA) is 66.0 Å². The smallest absolute Gasteiger partial charge is 0.344 e. The van der Waals surface area contributed by atoms with Crippen molar-refractivity contribution in [3.63, 3.8) is 0 Å². The van der Waals surface area contributed by atoms with Crippen LogP contribution >= 0.6 is 0 Å². The number of hydrogen-bond donors (Lipinski definition) is 1. The lowest BCUT2D eigenvalue weighted by Crippen LogP contribution is -2.20. The second-order valence-corrected chi connectivity index (χ2v) is 5.28. The molecule has 24 heavy (non-hydrogen) atoms. The molecule has 0 bridgehead atoms. The summed E-state index contributed by atoms with van der Waals surface area (Å²) in [6.07, 6.45) is -0.519. The minimum Gasteiger partial charge on any atom is -0.497 e. The summed E-state index contributed by atoms with van der Waals surface area (Å²) in [5.41, 5.74) is 2.20. The molecule has 0 spiro atoms. The van der Waals surface area contributed by atoms with E-state index in [1.807, 2.05) is 30.3 Å². The van der Waals surface area contributed by atoms with Gasteiger partial charge in [0.1, 0.15) is 11.3 Å². The fraction of sp³-hybridized carbons (Fsp3) is 0.278. The molecular weight excluding hydrogens is 310 g/mol. The molecule has 2 aromatic rings. The lowest BCUT2D eigenvalue weighted by molar-refractivity contribution is 0.0302. The number of carbonyl (C=O) groups excluding carboxylic acids is 1. The predicted molar refractivity (Wildman–Crippen MR) is 87.5 cm³/mol. The number of cyclic esters (lactones) is 1. The van der Waals surface area contributed by atoms with Gasteiger partial charge in [0.2, 0.25) is 0 Å². The van der Waals surface area contributed by atoms with E-state index < -0.39 is 12.2 Å². The Morgan fingerprint density at radius 2 is 1.75 bits per heavy atom. The highest BCUT2D eigenvalue weighted by Crippen LogP contribution is 2.40. The van der Waals surface area contributed by atoms with Crippen molar-refractivity contribution >= 4 is 5.97 Å². The van der Waals surface area contributed by atoms with Crippen LogP contribution in [-0.2, 0) is 11.3 Å². The van der Waals surface area contributed by atoms with Gasteiger partial charge in [0.15, 0.2) is 17.7 Å². The van der Waals surface area contributed by atoms with Gasteiger partial charge in [0.25, 0.3) is 0 Å². The molecule has 0 aliphatic carbocycles. The SMILES string of the molecule is COc1ccc(CNC2OC(=O)c3c2ccc(OC)c3OC)cc1. The first-order valence-corrected chi connectivity index (χ1v) is 7.50. The van der Waals surface area contributed by atoms with Crippen molar-refractivity contribution in [1.29, 1.82) is 0 Å². The molecule has 1 aliphatic rings.